The van der Waals surface area contributed by atoms with Crippen LogP contribution in [-0.2, 0) is 4.74 Å². The molecule has 2 saturated carbocycles. The molecule has 0 bridgehead atoms. The first-order chi connectivity index (χ1) is 10.8. The van der Waals surface area contributed by atoms with Crippen LogP contribution in [0.5, 0.6) is 0 Å². The molecule has 0 aliphatic heterocycles. The van der Waals surface area contributed by atoms with Gasteiger partial charge in [-0.1, -0.05) is 58.8 Å². The highest BCUT2D eigenvalue weighted by molar-refractivity contribution is 4.82. The molecule has 0 amide bonds. The minimum absolute atomic E-state index is 0.592. The Kier molecular flexibility index (Phi) is 8.89. The van der Waals surface area contributed by atoms with E-state index in [9.17, 15) is 0 Å². The number of unbranched alkanes of at least 4 members (excludes halogenated alkanes) is 4. The van der Waals surface area contributed by atoms with E-state index in [1.54, 1.807) is 0 Å². The molecule has 0 saturated heterocycles. The van der Waals surface area contributed by atoms with E-state index in [0.29, 0.717) is 6.10 Å². The van der Waals surface area contributed by atoms with Gasteiger partial charge in [-0.05, 0) is 62.7 Å². The quantitative estimate of drug-likeness (QED) is 0.428. The Balaban J connectivity index is 1.52. The first kappa shape index (κ1) is 18.3. The molecule has 22 heavy (non-hydrogen) atoms. The fourth-order valence-corrected chi connectivity index (χ4v) is 4.75. The summed E-state index contributed by atoms with van der Waals surface area (Å²) in [5.74, 6) is 3.13. The zero-order chi connectivity index (χ0) is 15.6. The van der Waals surface area contributed by atoms with Gasteiger partial charge in [-0.25, -0.2) is 0 Å². The van der Waals surface area contributed by atoms with Gasteiger partial charge in [0.1, 0.15) is 0 Å². The molecule has 0 heterocycles. The Bertz CT molecular complexity index is 259. The molecule has 2 aliphatic carbocycles. The highest BCUT2D eigenvalue weighted by Gasteiger charge is 2.30. The average Bonchev–Trinajstić information content (AvgIpc) is 2.59. The lowest BCUT2D eigenvalue weighted by molar-refractivity contribution is 0.00537. The molecule has 2 aliphatic rings. The topological polar surface area (TPSA) is 9.23 Å². The van der Waals surface area contributed by atoms with E-state index < -0.39 is 0 Å². The average molecular weight is 309 g/mol. The fraction of sp³-hybridized carbons (Fsp3) is 1.00. The van der Waals surface area contributed by atoms with Crippen LogP contribution >= 0.6 is 0 Å². The summed E-state index contributed by atoms with van der Waals surface area (Å²) in [6.07, 6.45) is 20.4. The maximum atomic E-state index is 6.13. The molecule has 2 fully saturated rings. The van der Waals surface area contributed by atoms with E-state index in [1.807, 2.05) is 0 Å². The van der Waals surface area contributed by atoms with Gasteiger partial charge in [0.25, 0.3) is 0 Å². The second kappa shape index (κ2) is 10.7. The maximum absolute atomic E-state index is 6.13. The van der Waals surface area contributed by atoms with Crippen molar-refractivity contribution in [1.29, 1.82) is 0 Å². The maximum Gasteiger partial charge on any atom is 0.0575 e. The van der Waals surface area contributed by atoms with E-state index in [2.05, 4.69) is 13.8 Å². The van der Waals surface area contributed by atoms with Crippen molar-refractivity contribution in [3.8, 4) is 0 Å². The summed E-state index contributed by atoms with van der Waals surface area (Å²) in [6.45, 7) is 5.67. The third kappa shape index (κ3) is 6.22. The Hall–Kier alpha value is -0.0400. The Morgan fingerprint density at radius 2 is 1.27 bits per heavy atom. The summed E-state index contributed by atoms with van der Waals surface area (Å²) >= 11 is 0. The van der Waals surface area contributed by atoms with Crippen molar-refractivity contribution in [1.82, 2.24) is 0 Å². The second-order valence-electron chi connectivity index (χ2n) is 8.01. The van der Waals surface area contributed by atoms with Crippen molar-refractivity contribution < 1.29 is 4.74 Å². The molecule has 1 nitrogen and oxygen atoms in total. The van der Waals surface area contributed by atoms with Gasteiger partial charge in [-0.15, -0.1) is 0 Å². The van der Waals surface area contributed by atoms with Crippen molar-refractivity contribution >= 4 is 0 Å². The molecule has 0 N–H and O–H groups in total. The first-order valence-electron chi connectivity index (χ1n) is 10.4. The van der Waals surface area contributed by atoms with Gasteiger partial charge in [0, 0.05) is 6.61 Å². The van der Waals surface area contributed by atoms with Gasteiger partial charge in [0.15, 0.2) is 0 Å². The Labute approximate surface area is 139 Å². The van der Waals surface area contributed by atoms with E-state index in [4.69, 9.17) is 4.74 Å². The predicted octanol–water partition coefficient (Wildman–Crippen LogP) is 6.75. The van der Waals surface area contributed by atoms with Crippen LogP contribution in [0.15, 0.2) is 0 Å². The molecule has 130 valence electrons. The third-order valence-corrected chi connectivity index (χ3v) is 6.46. The molecule has 0 radical (unpaired) electrons. The molecular weight excluding hydrogens is 268 g/mol. The van der Waals surface area contributed by atoms with Crippen molar-refractivity contribution in [2.45, 2.75) is 110 Å². The number of hydrogen-bond donors (Lipinski definition) is 0. The zero-order valence-corrected chi connectivity index (χ0v) is 15.3. The van der Waals surface area contributed by atoms with Crippen molar-refractivity contribution in [2.75, 3.05) is 6.61 Å². The standard InChI is InChI=1S/C21H40O/c1-3-5-6-7-8-17-22-21-15-13-20(14-16-21)19-11-9-18(4-2)10-12-19/h18-21H,3-17H2,1-2H3/t18?,19?,20-,21-. The fourth-order valence-electron chi connectivity index (χ4n) is 4.75. The monoisotopic (exact) mass is 308 g/mol. The largest absolute Gasteiger partial charge is 0.378 e. The van der Waals surface area contributed by atoms with Gasteiger partial charge < -0.3 is 4.74 Å². The number of rotatable bonds is 9. The van der Waals surface area contributed by atoms with E-state index in [1.165, 1.54) is 89.9 Å². The van der Waals surface area contributed by atoms with Gasteiger partial charge in [-0.2, -0.15) is 0 Å². The normalized spacial score (nSPS) is 33.0. The van der Waals surface area contributed by atoms with E-state index >= 15 is 0 Å². The molecule has 0 spiro atoms. The smallest absolute Gasteiger partial charge is 0.0575 e. The van der Waals surface area contributed by atoms with Gasteiger partial charge in [-0.3, -0.25) is 0 Å². The van der Waals surface area contributed by atoms with Crippen LogP contribution in [0.4, 0.5) is 0 Å². The van der Waals surface area contributed by atoms with Crippen LogP contribution in [0.1, 0.15) is 104 Å². The van der Waals surface area contributed by atoms with Crippen molar-refractivity contribution in [2.24, 2.45) is 17.8 Å². The van der Waals surface area contributed by atoms with Crippen LogP contribution < -0.4 is 0 Å². The van der Waals surface area contributed by atoms with Gasteiger partial charge in [0.05, 0.1) is 6.10 Å². The van der Waals surface area contributed by atoms with Crippen LogP contribution in [-0.4, -0.2) is 12.7 Å². The van der Waals surface area contributed by atoms with Crippen LogP contribution in [0.25, 0.3) is 0 Å². The lowest BCUT2D eigenvalue weighted by atomic mass is 9.70. The molecule has 0 atom stereocenters. The van der Waals surface area contributed by atoms with Crippen molar-refractivity contribution in [3.63, 3.8) is 0 Å². The molecule has 0 unspecified atom stereocenters. The summed E-state index contributed by atoms with van der Waals surface area (Å²) in [5, 5.41) is 0. The van der Waals surface area contributed by atoms with Crippen molar-refractivity contribution in [3.05, 3.63) is 0 Å². The molecule has 0 aromatic heterocycles. The molecule has 0 aromatic rings. The molecule has 1 heteroatoms. The second-order valence-corrected chi connectivity index (χ2v) is 8.01. The van der Waals surface area contributed by atoms with Crippen LogP contribution in [0.3, 0.4) is 0 Å². The predicted molar refractivity (Wildman–Crippen MR) is 96.2 cm³/mol. The lowest BCUT2D eigenvalue weighted by Crippen LogP contribution is -2.28. The SMILES string of the molecule is CCCCCCCO[C@H]1CC[C@H](C2CCC(CC)CC2)CC1. The Morgan fingerprint density at radius 1 is 0.682 bits per heavy atom. The zero-order valence-electron chi connectivity index (χ0n) is 15.3. The van der Waals surface area contributed by atoms with Gasteiger partial charge in [0.2, 0.25) is 0 Å². The lowest BCUT2D eigenvalue weighted by Gasteiger charge is -2.37. The first-order valence-corrected chi connectivity index (χ1v) is 10.4. The summed E-state index contributed by atoms with van der Waals surface area (Å²) in [5.41, 5.74) is 0. The number of hydrogen-bond acceptors (Lipinski definition) is 1. The minimum Gasteiger partial charge on any atom is -0.378 e. The third-order valence-electron chi connectivity index (χ3n) is 6.46. The summed E-state index contributed by atoms with van der Waals surface area (Å²) < 4.78 is 6.13. The van der Waals surface area contributed by atoms with Crippen LogP contribution in [0.2, 0.25) is 0 Å². The number of ether oxygens (including phenoxy) is 1. The summed E-state index contributed by atoms with van der Waals surface area (Å²) in [7, 11) is 0. The summed E-state index contributed by atoms with van der Waals surface area (Å²) in [4.78, 5) is 0. The Morgan fingerprint density at radius 3 is 1.86 bits per heavy atom. The van der Waals surface area contributed by atoms with E-state index in [0.717, 1.165) is 24.4 Å². The van der Waals surface area contributed by atoms with E-state index in [-0.39, 0.29) is 0 Å². The molecule has 0 aromatic carbocycles. The summed E-state index contributed by atoms with van der Waals surface area (Å²) in [6, 6.07) is 0. The van der Waals surface area contributed by atoms with Crippen LogP contribution in [0, 0.1) is 17.8 Å². The highest BCUT2D eigenvalue weighted by Crippen LogP contribution is 2.41. The highest BCUT2D eigenvalue weighted by atomic mass is 16.5. The van der Waals surface area contributed by atoms with Gasteiger partial charge >= 0.3 is 0 Å². The molecule has 2 rings (SSSR count). The molecular formula is C21H40O. The minimum atomic E-state index is 0.592.